The third-order valence-corrected chi connectivity index (χ3v) is 5.08. The van der Waals surface area contributed by atoms with Crippen LogP contribution in [0.3, 0.4) is 0 Å². The van der Waals surface area contributed by atoms with E-state index in [1.165, 1.54) is 9.90 Å². The molecule has 0 aliphatic heterocycles. The third-order valence-electron chi connectivity index (χ3n) is 2.34. The fourth-order valence-electron chi connectivity index (χ4n) is 1.49. The second-order valence-corrected chi connectivity index (χ2v) is 6.87. The number of fused-ring (bicyclic) bond motifs is 1. The lowest BCUT2D eigenvalue weighted by Gasteiger charge is -2.04. The molecule has 0 spiro atoms. The van der Waals surface area contributed by atoms with Crippen LogP contribution >= 0.6 is 45.7 Å². The third kappa shape index (κ3) is 2.82. The second-order valence-electron chi connectivity index (χ2n) is 3.57. The first-order chi connectivity index (χ1) is 9.26. The van der Waals surface area contributed by atoms with E-state index in [9.17, 15) is 0 Å². The largest absolute Gasteiger partial charge is 0.437 e. The minimum absolute atomic E-state index is 0.559. The number of hydrogen-bond donors (Lipinski definition) is 0. The Morgan fingerprint density at radius 1 is 1.21 bits per heavy atom. The Labute approximate surface area is 131 Å². The lowest BCUT2D eigenvalue weighted by atomic mass is 10.3. The number of thiazole rings is 1. The molecule has 96 valence electrons. The second kappa shape index (κ2) is 5.59. The Bertz CT molecular complexity index is 715. The number of hydrogen-bond acceptors (Lipinski definition) is 6. The van der Waals surface area contributed by atoms with Gasteiger partial charge in [-0.2, -0.15) is 0 Å². The fraction of sp³-hybridized carbons (Fsp3) is 0.0833. The minimum atomic E-state index is 0.559. The molecule has 3 aromatic rings. The van der Waals surface area contributed by atoms with Crippen LogP contribution in [0.4, 0.5) is 0 Å². The van der Waals surface area contributed by atoms with Crippen LogP contribution in [0, 0.1) is 3.57 Å². The van der Waals surface area contributed by atoms with Gasteiger partial charge in [0, 0.05) is 3.57 Å². The van der Waals surface area contributed by atoms with Crippen LogP contribution in [0.2, 0.25) is 0 Å². The molecule has 0 N–H and O–H groups in total. The quantitative estimate of drug-likeness (QED) is 0.486. The van der Waals surface area contributed by atoms with Crippen molar-refractivity contribution in [2.24, 2.45) is 0 Å². The number of ether oxygens (including phenoxy) is 1. The van der Waals surface area contributed by atoms with Crippen molar-refractivity contribution < 1.29 is 4.74 Å². The zero-order chi connectivity index (χ0) is 13.2. The Morgan fingerprint density at radius 2 is 2.00 bits per heavy atom. The predicted molar refractivity (Wildman–Crippen MR) is 86.2 cm³/mol. The van der Waals surface area contributed by atoms with Gasteiger partial charge in [-0.05, 0) is 53.1 Å². The molecule has 0 saturated heterocycles. The normalized spacial score (nSPS) is 10.8. The van der Waals surface area contributed by atoms with Gasteiger partial charge in [0.15, 0.2) is 9.99 Å². The van der Waals surface area contributed by atoms with Gasteiger partial charge in [-0.3, -0.25) is 0 Å². The van der Waals surface area contributed by atoms with Gasteiger partial charge in [0.25, 0.3) is 0 Å². The van der Waals surface area contributed by atoms with E-state index in [-0.39, 0.29) is 0 Å². The summed E-state index contributed by atoms with van der Waals surface area (Å²) in [5, 5.41) is 0. The first kappa shape index (κ1) is 13.1. The first-order valence-electron chi connectivity index (χ1n) is 5.35. The number of halogens is 1. The summed E-state index contributed by atoms with van der Waals surface area (Å²) in [6.07, 6.45) is 3.47. The maximum Gasteiger partial charge on any atom is 0.242 e. The highest BCUT2D eigenvalue weighted by Crippen LogP contribution is 2.34. The molecule has 19 heavy (non-hydrogen) atoms. The number of benzene rings is 1. The van der Waals surface area contributed by atoms with Gasteiger partial charge in [0.1, 0.15) is 16.8 Å². The molecule has 2 heterocycles. The van der Waals surface area contributed by atoms with E-state index in [4.69, 9.17) is 4.74 Å². The summed E-state index contributed by atoms with van der Waals surface area (Å²) < 4.78 is 8.82. The maximum absolute atomic E-state index is 5.81. The van der Waals surface area contributed by atoms with Crippen LogP contribution in [0.5, 0.6) is 11.6 Å². The maximum atomic E-state index is 5.81. The summed E-state index contributed by atoms with van der Waals surface area (Å²) in [5.74, 6) is 1.32. The standard InChI is InChI=1S/C12H8IN3OS2/c1-18-12-16-10-9(19-12)11(15-6-14-10)17-8-4-2-7(13)3-5-8/h2-6H,1H3. The van der Waals surface area contributed by atoms with E-state index in [0.29, 0.717) is 11.5 Å². The van der Waals surface area contributed by atoms with E-state index in [0.717, 1.165) is 14.8 Å². The van der Waals surface area contributed by atoms with Gasteiger partial charge in [-0.25, -0.2) is 15.0 Å². The highest BCUT2D eigenvalue weighted by atomic mass is 127. The molecule has 0 fully saturated rings. The van der Waals surface area contributed by atoms with Crippen molar-refractivity contribution in [3.8, 4) is 11.6 Å². The van der Waals surface area contributed by atoms with E-state index in [1.54, 1.807) is 23.1 Å². The van der Waals surface area contributed by atoms with Crippen molar-refractivity contribution >= 4 is 56.0 Å². The number of thioether (sulfide) groups is 1. The molecule has 1 aromatic carbocycles. The van der Waals surface area contributed by atoms with Crippen molar-refractivity contribution in [3.63, 3.8) is 0 Å². The summed E-state index contributed by atoms with van der Waals surface area (Å²) >= 11 is 5.40. The highest BCUT2D eigenvalue weighted by Gasteiger charge is 2.11. The summed E-state index contributed by atoms with van der Waals surface area (Å²) in [6.45, 7) is 0. The van der Waals surface area contributed by atoms with Crippen molar-refractivity contribution in [2.75, 3.05) is 6.26 Å². The zero-order valence-electron chi connectivity index (χ0n) is 9.83. The van der Waals surface area contributed by atoms with Crippen LogP contribution < -0.4 is 4.74 Å². The molecule has 3 rings (SSSR count). The van der Waals surface area contributed by atoms with Gasteiger partial charge < -0.3 is 4.74 Å². The lowest BCUT2D eigenvalue weighted by Crippen LogP contribution is -1.89. The van der Waals surface area contributed by atoms with Gasteiger partial charge in [0.05, 0.1) is 0 Å². The molecule has 0 saturated carbocycles. The number of aromatic nitrogens is 3. The van der Waals surface area contributed by atoms with Crippen molar-refractivity contribution in [1.29, 1.82) is 0 Å². The molecule has 0 atom stereocenters. The average Bonchev–Trinajstić information content (AvgIpc) is 2.85. The molecule has 7 heteroatoms. The van der Waals surface area contributed by atoms with Crippen LogP contribution in [0.15, 0.2) is 34.9 Å². The molecule has 0 radical (unpaired) electrons. The number of nitrogens with zero attached hydrogens (tertiary/aromatic N) is 3. The fourth-order valence-corrected chi connectivity index (χ4v) is 3.29. The SMILES string of the molecule is CSc1nc2ncnc(Oc3ccc(I)cc3)c2s1. The topological polar surface area (TPSA) is 47.9 Å². The van der Waals surface area contributed by atoms with Crippen molar-refractivity contribution in [1.82, 2.24) is 15.0 Å². The summed E-state index contributed by atoms with van der Waals surface area (Å²) in [4.78, 5) is 12.8. The van der Waals surface area contributed by atoms with E-state index >= 15 is 0 Å². The van der Waals surface area contributed by atoms with E-state index in [2.05, 4.69) is 37.5 Å². The number of rotatable bonds is 3. The van der Waals surface area contributed by atoms with E-state index < -0.39 is 0 Å². The molecule has 0 aliphatic rings. The zero-order valence-corrected chi connectivity index (χ0v) is 13.6. The van der Waals surface area contributed by atoms with Crippen LogP contribution in [0.1, 0.15) is 0 Å². The van der Waals surface area contributed by atoms with Gasteiger partial charge >= 0.3 is 0 Å². The van der Waals surface area contributed by atoms with Crippen LogP contribution in [-0.2, 0) is 0 Å². The van der Waals surface area contributed by atoms with E-state index in [1.807, 2.05) is 30.5 Å². The molecule has 4 nitrogen and oxygen atoms in total. The lowest BCUT2D eigenvalue weighted by molar-refractivity contribution is 0.469. The predicted octanol–water partition coefficient (Wildman–Crippen LogP) is 4.21. The molecular formula is C12H8IN3OS2. The van der Waals surface area contributed by atoms with Crippen molar-refractivity contribution in [2.45, 2.75) is 4.34 Å². The Balaban J connectivity index is 2.00. The van der Waals surface area contributed by atoms with Crippen molar-refractivity contribution in [3.05, 3.63) is 34.2 Å². The van der Waals surface area contributed by atoms with Crippen LogP contribution in [-0.4, -0.2) is 21.2 Å². The molecule has 0 unspecified atom stereocenters. The minimum Gasteiger partial charge on any atom is -0.437 e. The van der Waals surface area contributed by atoms with Gasteiger partial charge in [-0.15, -0.1) is 11.3 Å². The Morgan fingerprint density at radius 3 is 2.74 bits per heavy atom. The first-order valence-corrected chi connectivity index (χ1v) is 8.47. The molecular weight excluding hydrogens is 393 g/mol. The monoisotopic (exact) mass is 401 g/mol. The molecule has 0 bridgehead atoms. The van der Waals surface area contributed by atoms with Gasteiger partial charge in [-0.1, -0.05) is 11.8 Å². The summed E-state index contributed by atoms with van der Waals surface area (Å²) in [5.41, 5.74) is 0.685. The molecule has 0 amide bonds. The highest BCUT2D eigenvalue weighted by molar-refractivity contribution is 14.1. The Hall–Kier alpha value is -0.930. The summed E-state index contributed by atoms with van der Waals surface area (Å²) in [7, 11) is 0. The van der Waals surface area contributed by atoms with Crippen LogP contribution in [0.25, 0.3) is 10.3 Å². The smallest absolute Gasteiger partial charge is 0.242 e. The Kier molecular flexibility index (Phi) is 3.85. The average molecular weight is 401 g/mol. The molecule has 0 aliphatic carbocycles. The summed E-state index contributed by atoms with van der Waals surface area (Å²) in [6, 6.07) is 7.83. The van der Waals surface area contributed by atoms with Gasteiger partial charge in [0.2, 0.25) is 5.88 Å². The molecule has 2 aromatic heterocycles.